The largest absolute Gasteiger partial charge is 0.504 e. The highest BCUT2D eigenvalue weighted by Crippen LogP contribution is 2.29. The van der Waals surface area contributed by atoms with Gasteiger partial charge in [0.25, 0.3) is 0 Å². The van der Waals surface area contributed by atoms with E-state index >= 15 is 0 Å². The molecule has 0 aliphatic carbocycles. The van der Waals surface area contributed by atoms with E-state index in [2.05, 4.69) is 10.2 Å². The molecule has 0 saturated heterocycles. The van der Waals surface area contributed by atoms with Crippen LogP contribution in [-0.2, 0) is 0 Å². The lowest BCUT2D eigenvalue weighted by atomic mass is 10.2. The number of benzene rings is 1. The van der Waals surface area contributed by atoms with Crippen molar-refractivity contribution in [1.82, 2.24) is 14.6 Å². The van der Waals surface area contributed by atoms with Gasteiger partial charge in [0.15, 0.2) is 23.0 Å². The average molecular weight is 252 g/mol. The van der Waals surface area contributed by atoms with Gasteiger partial charge < -0.3 is 10.2 Å². The van der Waals surface area contributed by atoms with E-state index in [1.54, 1.807) is 28.8 Å². The average Bonchev–Trinajstić information content (AvgIpc) is 2.84. The Morgan fingerprint density at radius 3 is 2.63 bits per heavy atom. The van der Waals surface area contributed by atoms with Crippen molar-refractivity contribution in [2.75, 3.05) is 0 Å². The van der Waals surface area contributed by atoms with Crippen molar-refractivity contribution >= 4 is 5.65 Å². The zero-order chi connectivity index (χ0) is 13.4. The highest BCUT2D eigenvalue weighted by Gasteiger charge is 2.10. The first-order chi connectivity index (χ1) is 9.19. The molecular weight excluding hydrogens is 244 g/mol. The topological polar surface area (TPSA) is 94.4 Å². The van der Waals surface area contributed by atoms with Gasteiger partial charge in [-0.05, 0) is 30.3 Å². The minimum absolute atomic E-state index is 0.199. The minimum Gasteiger partial charge on any atom is -0.504 e. The van der Waals surface area contributed by atoms with Gasteiger partial charge in [0.05, 0.1) is 5.56 Å². The van der Waals surface area contributed by atoms with Gasteiger partial charge in [-0.25, -0.2) is 0 Å². The van der Waals surface area contributed by atoms with Crippen molar-refractivity contribution < 1.29 is 10.2 Å². The first-order valence-corrected chi connectivity index (χ1v) is 5.46. The van der Waals surface area contributed by atoms with Crippen LogP contribution in [0.4, 0.5) is 0 Å². The summed E-state index contributed by atoms with van der Waals surface area (Å²) in [7, 11) is 0. The maximum atomic E-state index is 9.51. The summed E-state index contributed by atoms with van der Waals surface area (Å²) < 4.78 is 1.66. The van der Waals surface area contributed by atoms with Crippen LogP contribution in [0.25, 0.3) is 17.0 Å². The Bertz CT molecular complexity index is 817. The summed E-state index contributed by atoms with van der Waals surface area (Å²) in [4.78, 5) is 0. The minimum atomic E-state index is -0.231. The van der Waals surface area contributed by atoms with E-state index in [-0.39, 0.29) is 11.5 Å². The van der Waals surface area contributed by atoms with Crippen LogP contribution in [0, 0.1) is 11.3 Å². The first-order valence-electron chi connectivity index (χ1n) is 5.46. The molecule has 0 fully saturated rings. The van der Waals surface area contributed by atoms with Crippen LogP contribution >= 0.6 is 0 Å². The fourth-order valence-electron chi connectivity index (χ4n) is 1.82. The number of phenolic OH excluding ortho intramolecular Hbond substituents is 2. The summed E-state index contributed by atoms with van der Waals surface area (Å²) in [5, 5.41) is 35.7. The standard InChI is InChI=1S/C13H8N4O2/c14-6-8-1-4-12-15-16-13(17(12)7-8)9-2-3-10(18)11(19)5-9/h1-5,7,18-19H. The molecule has 92 valence electrons. The lowest BCUT2D eigenvalue weighted by Gasteiger charge is -2.02. The highest BCUT2D eigenvalue weighted by molar-refractivity contribution is 5.63. The van der Waals surface area contributed by atoms with Crippen molar-refractivity contribution in [3.63, 3.8) is 0 Å². The Labute approximate surface area is 107 Å². The summed E-state index contributed by atoms with van der Waals surface area (Å²) in [6.45, 7) is 0. The van der Waals surface area contributed by atoms with Crippen molar-refractivity contribution in [2.24, 2.45) is 0 Å². The second-order valence-electron chi connectivity index (χ2n) is 3.98. The van der Waals surface area contributed by atoms with E-state index in [1.165, 1.54) is 12.1 Å². The van der Waals surface area contributed by atoms with Crippen molar-refractivity contribution in [2.45, 2.75) is 0 Å². The second kappa shape index (κ2) is 3.99. The molecule has 3 rings (SSSR count). The van der Waals surface area contributed by atoms with Crippen LogP contribution in [0.3, 0.4) is 0 Å². The lowest BCUT2D eigenvalue weighted by molar-refractivity contribution is 0.404. The van der Waals surface area contributed by atoms with Gasteiger partial charge in [-0.15, -0.1) is 10.2 Å². The van der Waals surface area contributed by atoms with Crippen LogP contribution in [0.15, 0.2) is 36.5 Å². The lowest BCUT2D eigenvalue weighted by Crippen LogP contribution is -1.90. The second-order valence-corrected chi connectivity index (χ2v) is 3.98. The van der Waals surface area contributed by atoms with Gasteiger partial charge in [0.2, 0.25) is 0 Å². The summed E-state index contributed by atoms with van der Waals surface area (Å²) in [6.07, 6.45) is 1.62. The Hall–Kier alpha value is -3.07. The molecular formula is C13H8N4O2. The fourth-order valence-corrected chi connectivity index (χ4v) is 1.82. The molecule has 0 saturated carbocycles. The molecule has 6 nitrogen and oxygen atoms in total. The van der Waals surface area contributed by atoms with Gasteiger partial charge in [-0.3, -0.25) is 4.40 Å². The molecule has 6 heteroatoms. The molecule has 19 heavy (non-hydrogen) atoms. The molecule has 0 aliphatic heterocycles. The number of hydrogen-bond donors (Lipinski definition) is 2. The first kappa shape index (κ1) is 11.0. The normalized spacial score (nSPS) is 10.5. The van der Waals surface area contributed by atoms with E-state index in [0.29, 0.717) is 22.6 Å². The molecule has 0 spiro atoms. The van der Waals surface area contributed by atoms with Crippen molar-refractivity contribution in [1.29, 1.82) is 5.26 Å². The number of phenols is 2. The molecule has 2 aromatic heterocycles. The molecule has 3 aromatic rings. The molecule has 0 unspecified atom stereocenters. The molecule has 0 radical (unpaired) electrons. The maximum absolute atomic E-state index is 9.51. The Morgan fingerprint density at radius 1 is 1.05 bits per heavy atom. The van der Waals surface area contributed by atoms with E-state index < -0.39 is 0 Å². The van der Waals surface area contributed by atoms with Crippen LogP contribution in [0.1, 0.15) is 5.56 Å². The number of aromatic nitrogens is 3. The predicted octanol–water partition coefficient (Wildman–Crippen LogP) is 1.68. The van der Waals surface area contributed by atoms with Crippen LogP contribution in [-0.4, -0.2) is 24.8 Å². The van der Waals surface area contributed by atoms with Crippen LogP contribution in [0.2, 0.25) is 0 Å². The Morgan fingerprint density at radius 2 is 1.89 bits per heavy atom. The van der Waals surface area contributed by atoms with Gasteiger partial charge in [0, 0.05) is 11.8 Å². The molecule has 2 heterocycles. The molecule has 1 aromatic carbocycles. The number of fused-ring (bicyclic) bond motifs is 1. The van der Waals surface area contributed by atoms with Gasteiger partial charge >= 0.3 is 0 Å². The van der Waals surface area contributed by atoms with E-state index in [9.17, 15) is 10.2 Å². The smallest absolute Gasteiger partial charge is 0.168 e. The SMILES string of the molecule is N#Cc1ccc2nnc(-c3ccc(O)c(O)c3)n2c1. The molecule has 0 atom stereocenters. The number of rotatable bonds is 1. The third-order valence-electron chi connectivity index (χ3n) is 2.77. The monoisotopic (exact) mass is 252 g/mol. The quantitative estimate of drug-likeness (QED) is 0.642. The Kier molecular flexibility index (Phi) is 2.32. The van der Waals surface area contributed by atoms with Gasteiger partial charge in [-0.1, -0.05) is 0 Å². The fraction of sp³-hybridized carbons (Fsp3) is 0. The van der Waals surface area contributed by atoms with Gasteiger partial charge in [0.1, 0.15) is 6.07 Å². The number of nitrogens with zero attached hydrogens (tertiary/aromatic N) is 4. The van der Waals surface area contributed by atoms with E-state index in [4.69, 9.17) is 5.26 Å². The molecule has 0 aliphatic rings. The zero-order valence-electron chi connectivity index (χ0n) is 9.65. The summed E-state index contributed by atoms with van der Waals surface area (Å²) >= 11 is 0. The van der Waals surface area contributed by atoms with Crippen molar-refractivity contribution in [3.05, 3.63) is 42.1 Å². The Balaban J connectivity index is 2.24. The predicted molar refractivity (Wildman–Crippen MR) is 66.5 cm³/mol. The molecule has 0 amide bonds. The summed E-state index contributed by atoms with van der Waals surface area (Å²) in [5.41, 5.74) is 1.68. The zero-order valence-corrected chi connectivity index (χ0v) is 9.65. The third kappa shape index (κ3) is 1.73. The third-order valence-corrected chi connectivity index (χ3v) is 2.77. The van der Waals surface area contributed by atoms with E-state index in [0.717, 1.165) is 0 Å². The number of hydrogen-bond acceptors (Lipinski definition) is 5. The summed E-state index contributed by atoms with van der Waals surface area (Å²) in [6, 6.07) is 9.77. The molecule has 2 N–H and O–H groups in total. The van der Waals surface area contributed by atoms with E-state index in [1.807, 2.05) is 6.07 Å². The molecule has 0 bridgehead atoms. The number of aromatic hydroxyl groups is 2. The van der Waals surface area contributed by atoms with Crippen LogP contribution < -0.4 is 0 Å². The van der Waals surface area contributed by atoms with Crippen molar-refractivity contribution in [3.8, 4) is 29.0 Å². The summed E-state index contributed by atoms with van der Waals surface area (Å²) in [5.74, 6) is 0.0587. The van der Waals surface area contributed by atoms with Crippen LogP contribution in [0.5, 0.6) is 11.5 Å². The highest BCUT2D eigenvalue weighted by atomic mass is 16.3. The number of pyridine rings is 1. The van der Waals surface area contributed by atoms with Gasteiger partial charge in [-0.2, -0.15) is 5.26 Å². The number of nitriles is 1. The maximum Gasteiger partial charge on any atom is 0.168 e.